The average molecular weight is 335 g/mol. The molecular formula is C19H21N5O. The topological polar surface area (TPSA) is 62.5 Å². The number of aromatic nitrogens is 3. The zero-order chi connectivity index (χ0) is 17.2. The fourth-order valence-electron chi connectivity index (χ4n) is 3.23. The fourth-order valence-corrected chi connectivity index (χ4v) is 3.23. The number of amides is 1. The molecule has 25 heavy (non-hydrogen) atoms. The number of carbonyl (C=O) groups excluding carboxylic acids is 1. The molecule has 0 bridgehead atoms. The molecule has 0 saturated carbocycles. The summed E-state index contributed by atoms with van der Waals surface area (Å²) in [6, 6.07) is 10.5. The van der Waals surface area contributed by atoms with Crippen LogP contribution >= 0.6 is 0 Å². The average Bonchev–Trinajstić information content (AvgIpc) is 3.00. The highest BCUT2D eigenvalue weighted by molar-refractivity contribution is 5.77. The Morgan fingerprint density at radius 2 is 2.08 bits per heavy atom. The molecular weight excluding hydrogens is 314 g/mol. The summed E-state index contributed by atoms with van der Waals surface area (Å²) < 4.78 is 1.84. The zero-order valence-corrected chi connectivity index (χ0v) is 14.2. The molecule has 1 aliphatic rings. The van der Waals surface area contributed by atoms with Crippen molar-refractivity contribution in [2.75, 3.05) is 13.1 Å². The molecule has 4 rings (SSSR count). The van der Waals surface area contributed by atoms with Gasteiger partial charge in [-0.2, -0.15) is 5.10 Å². The van der Waals surface area contributed by atoms with Gasteiger partial charge in [0.2, 0.25) is 5.91 Å². The standard InChI is InChI=1S/C19H21N5O/c1-14-9-20-18(25)7-8-23(14)12-15-10-21-19-17(11-22-24(19)13-15)16-5-3-2-4-6-16/h2-6,10-11,13-14H,7-9,12H2,1H3,(H,20,25). The van der Waals surface area contributed by atoms with Crippen LogP contribution in [0.3, 0.4) is 0 Å². The molecule has 3 aromatic rings. The van der Waals surface area contributed by atoms with Gasteiger partial charge in [0.25, 0.3) is 0 Å². The first-order chi connectivity index (χ1) is 12.2. The van der Waals surface area contributed by atoms with Gasteiger partial charge in [-0.3, -0.25) is 9.69 Å². The van der Waals surface area contributed by atoms with Gasteiger partial charge in [0.15, 0.2) is 5.65 Å². The summed E-state index contributed by atoms with van der Waals surface area (Å²) in [4.78, 5) is 18.5. The Balaban J connectivity index is 1.59. The molecule has 1 atom stereocenters. The first-order valence-corrected chi connectivity index (χ1v) is 8.59. The molecule has 1 unspecified atom stereocenters. The van der Waals surface area contributed by atoms with Crippen LogP contribution in [0.1, 0.15) is 18.9 Å². The second kappa shape index (κ2) is 6.64. The first kappa shape index (κ1) is 15.8. The van der Waals surface area contributed by atoms with Gasteiger partial charge >= 0.3 is 0 Å². The van der Waals surface area contributed by atoms with E-state index in [9.17, 15) is 4.79 Å². The van der Waals surface area contributed by atoms with Crippen molar-refractivity contribution in [1.29, 1.82) is 0 Å². The number of carbonyl (C=O) groups is 1. The van der Waals surface area contributed by atoms with Gasteiger partial charge in [-0.05, 0) is 12.5 Å². The van der Waals surface area contributed by atoms with E-state index in [0.717, 1.165) is 35.4 Å². The maximum atomic E-state index is 11.6. The molecule has 0 aliphatic carbocycles. The van der Waals surface area contributed by atoms with E-state index in [-0.39, 0.29) is 5.91 Å². The van der Waals surface area contributed by atoms with Crippen LogP contribution in [-0.4, -0.2) is 44.5 Å². The Labute approximate surface area is 146 Å². The minimum absolute atomic E-state index is 0.127. The predicted octanol–water partition coefficient (Wildman–Crippen LogP) is 2.11. The predicted molar refractivity (Wildman–Crippen MR) is 95.9 cm³/mol. The molecule has 6 nitrogen and oxygen atoms in total. The molecule has 1 fully saturated rings. The molecule has 1 N–H and O–H groups in total. The summed E-state index contributed by atoms with van der Waals surface area (Å²) in [6.07, 6.45) is 6.34. The molecule has 3 heterocycles. The third kappa shape index (κ3) is 3.25. The Morgan fingerprint density at radius 1 is 1.24 bits per heavy atom. The molecule has 1 amide bonds. The van der Waals surface area contributed by atoms with Crippen molar-refractivity contribution >= 4 is 11.6 Å². The normalized spacial score (nSPS) is 18.9. The van der Waals surface area contributed by atoms with E-state index in [1.54, 1.807) is 0 Å². The van der Waals surface area contributed by atoms with Crippen LogP contribution in [0.4, 0.5) is 0 Å². The molecule has 128 valence electrons. The lowest BCUT2D eigenvalue weighted by atomic mass is 10.1. The number of hydrogen-bond acceptors (Lipinski definition) is 4. The van der Waals surface area contributed by atoms with Crippen LogP contribution in [0.25, 0.3) is 16.8 Å². The van der Waals surface area contributed by atoms with Gasteiger partial charge in [-0.15, -0.1) is 0 Å². The van der Waals surface area contributed by atoms with Gasteiger partial charge in [-0.25, -0.2) is 9.50 Å². The van der Waals surface area contributed by atoms with Crippen LogP contribution in [0.2, 0.25) is 0 Å². The summed E-state index contributed by atoms with van der Waals surface area (Å²) in [5, 5.41) is 7.41. The maximum Gasteiger partial charge on any atom is 0.221 e. The quantitative estimate of drug-likeness (QED) is 0.796. The third-order valence-corrected chi connectivity index (χ3v) is 4.72. The number of benzene rings is 1. The van der Waals surface area contributed by atoms with Crippen molar-refractivity contribution in [1.82, 2.24) is 24.8 Å². The number of fused-ring (bicyclic) bond motifs is 1. The number of nitrogens with zero attached hydrogens (tertiary/aromatic N) is 4. The monoisotopic (exact) mass is 335 g/mol. The summed E-state index contributed by atoms with van der Waals surface area (Å²) in [5.74, 6) is 0.127. The van der Waals surface area contributed by atoms with Crippen LogP contribution in [0.5, 0.6) is 0 Å². The zero-order valence-electron chi connectivity index (χ0n) is 14.2. The Morgan fingerprint density at radius 3 is 2.92 bits per heavy atom. The molecule has 1 saturated heterocycles. The summed E-state index contributed by atoms with van der Waals surface area (Å²) in [6.45, 7) is 4.35. The van der Waals surface area contributed by atoms with Gasteiger partial charge in [-0.1, -0.05) is 30.3 Å². The van der Waals surface area contributed by atoms with E-state index in [0.29, 0.717) is 19.0 Å². The van der Waals surface area contributed by atoms with Gasteiger partial charge in [0.1, 0.15) is 0 Å². The fraction of sp³-hybridized carbons (Fsp3) is 0.316. The van der Waals surface area contributed by atoms with Crippen LogP contribution < -0.4 is 5.32 Å². The highest BCUT2D eigenvalue weighted by atomic mass is 16.1. The summed E-state index contributed by atoms with van der Waals surface area (Å²) in [7, 11) is 0. The Hall–Kier alpha value is -2.73. The number of rotatable bonds is 3. The van der Waals surface area contributed by atoms with E-state index < -0.39 is 0 Å². The van der Waals surface area contributed by atoms with E-state index >= 15 is 0 Å². The number of hydrogen-bond donors (Lipinski definition) is 1. The minimum Gasteiger partial charge on any atom is -0.355 e. The van der Waals surface area contributed by atoms with Crippen LogP contribution in [-0.2, 0) is 11.3 Å². The van der Waals surface area contributed by atoms with E-state index in [1.165, 1.54) is 0 Å². The van der Waals surface area contributed by atoms with Gasteiger partial charge in [0.05, 0.1) is 6.20 Å². The van der Waals surface area contributed by atoms with Gasteiger partial charge in [0, 0.05) is 55.6 Å². The van der Waals surface area contributed by atoms with E-state index in [4.69, 9.17) is 0 Å². The Bertz CT molecular complexity index is 889. The first-order valence-electron chi connectivity index (χ1n) is 8.59. The van der Waals surface area contributed by atoms with Gasteiger partial charge < -0.3 is 5.32 Å². The lowest BCUT2D eigenvalue weighted by Gasteiger charge is -2.25. The van der Waals surface area contributed by atoms with Crippen molar-refractivity contribution in [3.8, 4) is 11.1 Å². The highest BCUT2D eigenvalue weighted by Crippen LogP contribution is 2.23. The molecule has 1 aliphatic heterocycles. The molecule has 0 radical (unpaired) electrons. The molecule has 0 spiro atoms. The Kier molecular flexibility index (Phi) is 4.19. The van der Waals surface area contributed by atoms with Crippen molar-refractivity contribution in [2.24, 2.45) is 0 Å². The minimum atomic E-state index is 0.127. The second-order valence-electron chi connectivity index (χ2n) is 6.53. The highest BCUT2D eigenvalue weighted by Gasteiger charge is 2.20. The molecule has 6 heteroatoms. The lowest BCUT2D eigenvalue weighted by Crippen LogP contribution is -2.37. The van der Waals surface area contributed by atoms with E-state index in [2.05, 4.69) is 39.4 Å². The van der Waals surface area contributed by atoms with E-state index in [1.807, 2.05) is 41.3 Å². The van der Waals surface area contributed by atoms with Crippen LogP contribution in [0.15, 0.2) is 48.9 Å². The van der Waals surface area contributed by atoms with Crippen LogP contribution in [0, 0.1) is 0 Å². The lowest BCUT2D eigenvalue weighted by molar-refractivity contribution is -0.120. The SMILES string of the molecule is CC1CNC(=O)CCN1Cc1cnc2c(-c3ccccc3)cnn2c1. The van der Waals surface area contributed by atoms with Crippen molar-refractivity contribution in [3.05, 3.63) is 54.5 Å². The summed E-state index contributed by atoms with van der Waals surface area (Å²) >= 11 is 0. The summed E-state index contributed by atoms with van der Waals surface area (Å²) in [5.41, 5.74) is 4.10. The van der Waals surface area contributed by atoms with Crippen molar-refractivity contribution in [3.63, 3.8) is 0 Å². The maximum absolute atomic E-state index is 11.6. The molecule has 1 aromatic carbocycles. The number of nitrogens with one attached hydrogen (secondary N) is 1. The van der Waals surface area contributed by atoms with Crippen molar-refractivity contribution in [2.45, 2.75) is 25.9 Å². The van der Waals surface area contributed by atoms with Crippen molar-refractivity contribution < 1.29 is 4.79 Å². The third-order valence-electron chi connectivity index (χ3n) is 4.72. The smallest absolute Gasteiger partial charge is 0.221 e. The molecule has 2 aromatic heterocycles. The largest absolute Gasteiger partial charge is 0.355 e. The second-order valence-corrected chi connectivity index (χ2v) is 6.53.